The molecule has 1 aliphatic heterocycles. The van der Waals surface area contributed by atoms with Gasteiger partial charge in [-0.1, -0.05) is 58.3 Å². The van der Waals surface area contributed by atoms with Gasteiger partial charge in [-0.25, -0.2) is 0 Å². The zero-order valence-corrected chi connectivity index (χ0v) is 19.8. The highest BCUT2D eigenvalue weighted by molar-refractivity contribution is 14.1. The molecule has 0 aromatic carbocycles. The Morgan fingerprint density at radius 1 is 0.923 bits per heavy atom. The fraction of sp³-hybridized carbons (Fsp3) is 0.900. The van der Waals surface area contributed by atoms with E-state index in [0.717, 1.165) is 6.54 Å². The average molecular weight is 501 g/mol. The first-order valence-electron chi connectivity index (χ1n) is 10.2. The molecule has 1 fully saturated rings. The Bertz CT molecular complexity index is 483. The smallest absolute Gasteiger partial charge is 0.261 e. The maximum atomic E-state index is 9.19. The van der Waals surface area contributed by atoms with Crippen LogP contribution in [0.4, 0.5) is 0 Å². The van der Waals surface area contributed by atoms with Gasteiger partial charge in [0.05, 0.1) is 25.9 Å². The van der Waals surface area contributed by atoms with Crippen molar-refractivity contribution in [1.29, 1.82) is 0 Å². The highest BCUT2D eigenvalue weighted by Gasteiger charge is 2.30. The quantitative estimate of drug-likeness (QED) is 0.128. The number of nitrogens with zero attached hydrogens (tertiary/aromatic N) is 1. The molecular formula is C20H39INO3S+. The molecule has 0 spiro atoms. The Hall–Kier alpha value is 0.160. The predicted octanol–water partition coefficient (Wildman–Crippen LogP) is 5.42. The van der Waals surface area contributed by atoms with Crippen LogP contribution in [0.3, 0.4) is 0 Å². The molecule has 0 unspecified atom stereocenters. The lowest BCUT2D eigenvalue weighted by molar-refractivity contribution is -0.910. The van der Waals surface area contributed by atoms with E-state index >= 15 is 0 Å². The van der Waals surface area contributed by atoms with Crippen molar-refractivity contribution in [3.63, 3.8) is 0 Å². The summed E-state index contributed by atoms with van der Waals surface area (Å²) < 4.78 is 30.2. The van der Waals surface area contributed by atoms with Gasteiger partial charge in [0.25, 0.3) is 10.1 Å². The molecule has 1 saturated heterocycles. The third kappa shape index (κ3) is 17.6. The lowest BCUT2D eigenvalue weighted by atomic mass is 10.1. The molecule has 0 atom stereocenters. The average Bonchev–Trinajstić information content (AvgIpc) is 3.02. The summed E-state index contributed by atoms with van der Waals surface area (Å²) in [5.41, 5.74) is 0. The number of quaternary nitrogens is 1. The van der Waals surface area contributed by atoms with Gasteiger partial charge >= 0.3 is 0 Å². The van der Waals surface area contributed by atoms with Crippen molar-refractivity contribution in [1.82, 2.24) is 0 Å². The fourth-order valence-corrected chi connectivity index (χ4v) is 3.77. The van der Waals surface area contributed by atoms with E-state index < -0.39 is 10.1 Å². The Labute approximate surface area is 176 Å². The third-order valence-electron chi connectivity index (χ3n) is 4.98. The van der Waals surface area contributed by atoms with Gasteiger partial charge in [-0.3, -0.25) is 4.55 Å². The van der Waals surface area contributed by atoms with Crippen LogP contribution in [0.5, 0.6) is 0 Å². The Kier molecular flexibility index (Phi) is 16.2. The molecular weight excluding hydrogens is 461 g/mol. The van der Waals surface area contributed by atoms with Crippen molar-refractivity contribution >= 4 is 32.7 Å². The fourth-order valence-electron chi connectivity index (χ4n) is 3.60. The number of unbranched alkanes of at least 4 members (excludes halogenated alkanes) is 9. The monoisotopic (exact) mass is 500 g/mol. The summed E-state index contributed by atoms with van der Waals surface area (Å²) in [4.78, 5) is 0. The lowest BCUT2D eigenvalue weighted by Gasteiger charge is -2.32. The van der Waals surface area contributed by atoms with E-state index in [1.54, 1.807) is 0 Å². The number of rotatable bonds is 12. The second-order valence-electron chi connectivity index (χ2n) is 7.56. The third-order valence-corrected chi connectivity index (χ3v) is 5.36. The van der Waals surface area contributed by atoms with Crippen LogP contribution in [0.25, 0.3) is 0 Å². The van der Waals surface area contributed by atoms with Crippen LogP contribution in [-0.2, 0) is 10.1 Å². The zero-order chi connectivity index (χ0) is 19.7. The summed E-state index contributed by atoms with van der Waals surface area (Å²) in [5.74, 6) is 3.33. The maximum absolute atomic E-state index is 9.19. The molecule has 1 N–H and O–H groups in total. The zero-order valence-electron chi connectivity index (χ0n) is 16.8. The van der Waals surface area contributed by atoms with Crippen molar-refractivity contribution in [2.24, 2.45) is 0 Å². The summed E-state index contributed by atoms with van der Waals surface area (Å²) in [6, 6.07) is 0. The first kappa shape index (κ1) is 26.2. The van der Waals surface area contributed by atoms with Gasteiger partial charge < -0.3 is 4.48 Å². The minimum Gasteiger partial charge on any atom is -0.313 e. The van der Waals surface area contributed by atoms with E-state index in [0.29, 0.717) is 6.26 Å². The number of hydrogen-bond donors (Lipinski definition) is 1. The minimum absolute atomic E-state index is 0.715. The van der Waals surface area contributed by atoms with Gasteiger partial charge in [-0.05, 0) is 22.7 Å². The van der Waals surface area contributed by atoms with E-state index in [2.05, 4.69) is 39.4 Å². The number of hydrogen-bond acceptors (Lipinski definition) is 2. The van der Waals surface area contributed by atoms with E-state index in [1.165, 1.54) is 101 Å². The minimum atomic E-state index is -3.67. The van der Waals surface area contributed by atoms with Crippen LogP contribution < -0.4 is 0 Å². The molecule has 1 aliphatic rings. The Morgan fingerprint density at radius 3 is 1.77 bits per heavy atom. The van der Waals surface area contributed by atoms with Gasteiger partial charge in [-0.2, -0.15) is 8.42 Å². The van der Waals surface area contributed by atoms with E-state index in [1.807, 2.05) is 0 Å². The largest absolute Gasteiger partial charge is 0.313 e. The first-order chi connectivity index (χ1) is 12.3. The molecule has 26 heavy (non-hydrogen) atoms. The van der Waals surface area contributed by atoms with Crippen LogP contribution in [0, 0.1) is 9.85 Å². The molecule has 4 nitrogen and oxygen atoms in total. The molecule has 154 valence electrons. The van der Waals surface area contributed by atoms with Gasteiger partial charge in [0.2, 0.25) is 0 Å². The lowest BCUT2D eigenvalue weighted by Crippen LogP contribution is -2.46. The summed E-state index contributed by atoms with van der Waals surface area (Å²) in [6.07, 6.45) is 17.9. The van der Waals surface area contributed by atoms with E-state index in [-0.39, 0.29) is 0 Å². The van der Waals surface area contributed by atoms with Crippen molar-refractivity contribution in [2.45, 2.75) is 84.0 Å². The van der Waals surface area contributed by atoms with Crippen LogP contribution in [0.1, 0.15) is 84.0 Å². The standard InChI is InChI=1S/C19H35IN.CH4O3S/c1-2-3-4-5-6-7-8-9-10-11-16-21(19-14-15-20)17-12-13-18-21;1-5(2,3)4/h2-13,16-19H2,1H3;1H3,(H,2,3,4)/q+1;. The molecule has 0 aliphatic carbocycles. The van der Waals surface area contributed by atoms with Gasteiger partial charge in [0.1, 0.15) is 6.54 Å². The van der Waals surface area contributed by atoms with E-state index in [9.17, 15) is 8.42 Å². The first-order valence-corrected chi connectivity index (χ1v) is 13.1. The van der Waals surface area contributed by atoms with Crippen LogP contribution in [0.15, 0.2) is 0 Å². The molecule has 0 bridgehead atoms. The molecule has 0 amide bonds. The van der Waals surface area contributed by atoms with Crippen molar-refractivity contribution in [3.8, 4) is 9.85 Å². The number of halogens is 1. The summed E-state index contributed by atoms with van der Waals surface area (Å²) in [7, 11) is -3.67. The predicted molar refractivity (Wildman–Crippen MR) is 120 cm³/mol. The normalized spacial score (nSPS) is 15.7. The van der Waals surface area contributed by atoms with Crippen LogP contribution in [-0.4, -0.2) is 49.9 Å². The SMILES string of the molecule is CCCCCCCCCCCC[N+]1(CC#CI)CCCC1.CS(=O)(=O)O. The summed E-state index contributed by atoms with van der Waals surface area (Å²) >= 11 is 2.18. The molecule has 0 aromatic heterocycles. The topological polar surface area (TPSA) is 54.4 Å². The van der Waals surface area contributed by atoms with Gasteiger partial charge in [-0.15, -0.1) is 0 Å². The summed E-state index contributed by atoms with van der Waals surface area (Å²) in [5, 5.41) is 0. The second kappa shape index (κ2) is 16.1. The molecule has 1 heterocycles. The van der Waals surface area contributed by atoms with Crippen LogP contribution >= 0.6 is 22.6 Å². The highest BCUT2D eigenvalue weighted by atomic mass is 127. The van der Waals surface area contributed by atoms with Crippen molar-refractivity contribution < 1.29 is 17.5 Å². The number of likely N-dealkylation sites (tertiary alicyclic amines) is 1. The highest BCUT2D eigenvalue weighted by Crippen LogP contribution is 2.21. The second-order valence-corrected chi connectivity index (χ2v) is 9.57. The molecule has 1 rings (SSSR count). The van der Waals surface area contributed by atoms with Gasteiger partial charge in [0, 0.05) is 35.4 Å². The maximum Gasteiger partial charge on any atom is 0.261 e. The molecule has 0 radical (unpaired) electrons. The summed E-state index contributed by atoms with van der Waals surface area (Å²) in [6.45, 7) is 7.52. The van der Waals surface area contributed by atoms with Gasteiger partial charge in [0.15, 0.2) is 0 Å². The molecule has 0 aromatic rings. The molecule has 0 saturated carbocycles. The van der Waals surface area contributed by atoms with Crippen molar-refractivity contribution in [2.75, 3.05) is 32.4 Å². The van der Waals surface area contributed by atoms with E-state index in [4.69, 9.17) is 4.55 Å². The molecule has 6 heteroatoms. The van der Waals surface area contributed by atoms with Crippen molar-refractivity contribution in [3.05, 3.63) is 0 Å². The Morgan fingerprint density at radius 2 is 1.35 bits per heavy atom. The van der Waals surface area contributed by atoms with Crippen LogP contribution in [0.2, 0.25) is 0 Å². The Balaban J connectivity index is 0.00000110.